The molecule has 9 heteroatoms. The van der Waals surface area contributed by atoms with Gasteiger partial charge in [-0.2, -0.15) is 0 Å². The summed E-state index contributed by atoms with van der Waals surface area (Å²) >= 11 is 0. The molecule has 0 radical (unpaired) electrons. The van der Waals surface area contributed by atoms with Gasteiger partial charge >= 0.3 is 0 Å². The van der Waals surface area contributed by atoms with Crippen molar-refractivity contribution >= 4 is 10.9 Å². The normalized spacial score (nSPS) is 19.0. The predicted molar refractivity (Wildman–Crippen MR) is 138 cm³/mol. The minimum Gasteiger partial charge on any atom is -0.486 e. The van der Waals surface area contributed by atoms with E-state index in [0.717, 1.165) is 49.1 Å². The molecule has 1 aliphatic carbocycles. The lowest BCUT2D eigenvalue weighted by Gasteiger charge is -2.35. The van der Waals surface area contributed by atoms with E-state index in [1.165, 1.54) is 30.4 Å². The van der Waals surface area contributed by atoms with Crippen molar-refractivity contribution in [2.45, 2.75) is 57.2 Å². The summed E-state index contributed by atoms with van der Waals surface area (Å²) < 4.78 is 13.6. The zero-order valence-corrected chi connectivity index (χ0v) is 20.7. The summed E-state index contributed by atoms with van der Waals surface area (Å²) in [6, 6.07) is 14.2. The summed E-state index contributed by atoms with van der Waals surface area (Å²) in [7, 11) is 0. The van der Waals surface area contributed by atoms with Gasteiger partial charge in [0.2, 0.25) is 0 Å². The monoisotopic (exact) mass is 498 g/mol. The van der Waals surface area contributed by atoms with E-state index in [1.54, 1.807) is 0 Å². The molecular formula is C28H30N6O3. The SMILES string of the molecule is O=c1[nH]c2cc3c(cc2cc1C(c1nnnn1C1CCCCC1)N1CCc2ccccc2C1)OCCO3. The summed E-state index contributed by atoms with van der Waals surface area (Å²) in [6.45, 7) is 2.57. The second-order valence-corrected chi connectivity index (χ2v) is 10.3. The first-order chi connectivity index (χ1) is 18.2. The number of rotatable bonds is 4. The maximum atomic E-state index is 13.7. The van der Waals surface area contributed by atoms with Crippen molar-refractivity contribution in [2.75, 3.05) is 19.8 Å². The van der Waals surface area contributed by atoms with E-state index < -0.39 is 0 Å². The fraction of sp³-hybridized carbons (Fsp3) is 0.429. The van der Waals surface area contributed by atoms with Crippen LogP contribution in [0.3, 0.4) is 0 Å². The van der Waals surface area contributed by atoms with Crippen LogP contribution in [0.5, 0.6) is 11.5 Å². The Bertz CT molecular complexity index is 1510. The molecule has 4 aromatic rings. The number of H-pyrrole nitrogens is 1. The molecule has 190 valence electrons. The minimum atomic E-state index is -0.369. The van der Waals surface area contributed by atoms with Gasteiger partial charge in [0.05, 0.1) is 11.6 Å². The highest BCUT2D eigenvalue weighted by Crippen LogP contribution is 2.37. The molecule has 1 N–H and O–H groups in total. The second kappa shape index (κ2) is 9.30. The fourth-order valence-corrected chi connectivity index (χ4v) is 6.17. The van der Waals surface area contributed by atoms with Gasteiger partial charge < -0.3 is 14.5 Å². The third-order valence-corrected chi connectivity index (χ3v) is 8.04. The second-order valence-electron chi connectivity index (χ2n) is 10.3. The summed E-state index contributed by atoms with van der Waals surface area (Å²) in [6.07, 6.45) is 6.64. The van der Waals surface area contributed by atoms with E-state index >= 15 is 0 Å². The highest BCUT2D eigenvalue weighted by atomic mass is 16.6. The van der Waals surface area contributed by atoms with Gasteiger partial charge in [0.25, 0.3) is 5.56 Å². The van der Waals surface area contributed by atoms with Gasteiger partial charge in [-0.1, -0.05) is 43.5 Å². The van der Waals surface area contributed by atoms with E-state index in [9.17, 15) is 4.79 Å². The van der Waals surface area contributed by atoms with Crippen LogP contribution in [-0.2, 0) is 13.0 Å². The highest BCUT2D eigenvalue weighted by molar-refractivity contribution is 5.83. The molecule has 3 aliphatic rings. The van der Waals surface area contributed by atoms with Crippen molar-refractivity contribution in [1.29, 1.82) is 0 Å². The van der Waals surface area contributed by atoms with Crippen molar-refractivity contribution in [2.24, 2.45) is 0 Å². The molecular weight excluding hydrogens is 468 g/mol. The van der Waals surface area contributed by atoms with Crippen molar-refractivity contribution in [3.63, 3.8) is 0 Å². The first-order valence-corrected chi connectivity index (χ1v) is 13.3. The van der Waals surface area contributed by atoms with Crippen LogP contribution in [-0.4, -0.2) is 49.8 Å². The molecule has 37 heavy (non-hydrogen) atoms. The number of nitrogens with one attached hydrogen (secondary N) is 1. The molecule has 1 fully saturated rings. The predicted octanol–water partition coefficient (Wildman–Crippen LogP) is 3.94. The van der Waals surface area contributed by atoms with Crippen molar-refractivity contribution in [3.8, 4) is 11.5 Å². The van der Waals surface area contributed by atoms with Crippen LogP contribution in [0.15, 0.2) is 47.3 Å². The van der Waals surface area contributed by atoms with E-state index in [4.69, 9.17) is 9.47 Å². The summed E-state index contributed by atoms with van der Waals surface area (Å²) in [4.78, 5) is 19.1. The van der Waals surface area contributed by atoms with E-state index in [-0.39, 0.29) is 17.6 Å². The molecule has 1 atom stereocenters. The largest absolute Gasteiger partial charge is 0.486 e. The lowest BCUT2D eigenvalue weighted by Crippen LogP contribution is -2.39. The number of hydrogen-bond donors (Lipinski definition) is 1. The maximum absolute atomic E-state index is 13.7. The number of aromatic nitrogens is 5. The lowest BCUT2D eigenvalue weighted by atomic mass is 9.94. The molecule has 4 heterocycles. The number of ether oxygens (including phenoxy) is 2. The molecule has 2 aromatic carbocycles. The van der Waals surface area contributed by atoms with Gasteiger partial charge in [-0.25, -0.2) is 4.68 Å². The molecule has 1 saturated carbocycles. The Labute approximate surface area is 214 Å². The van der Waals surface area contributed by atoms with Gasteiger partial charge in [-0.05, 0) is 52.9 Å². The van der Waals surface area contributed by atoms with Crippen molar-refractivity contribution < 1.29 is 9.47 Å². The quantitative estimate of drug-likeness (QED) is 0.455. The summed E-state index contributed by atoms with van der Waals surface area (Å²) in [5.74, 6) is 2.11. The molecule has 7 rings (SSSR count). The Kier molecular flexibility index (Phi) is 5.65. The average Bonchev–Trinajstić information content (AvgIpc) is 3.42. The average molecular weight is 499 g/mol. The lowest BCUT2D eigenvalue weighted by molar-refractivity contribution is 0.172. The number of pyridine rings is 1. The number of nitrogens with zero attached hydrogens (tertiary/aromatic N) is 5. The number of tetrazole rings is 1. The van der Waals surface area contributed by atoms with Gasteiger partial charge in [0, 0.05) is 30.1 Å². The van der Waals surface area contributed by atoms with Crippen molar-refractivity contribution in [3.05, 3.63) is 75.3 Å². The van der Waals surface area contributed by atoms with Crippen LogP contribution >= 0.6 is 0 Å². The summed E-state index contributed by atoms with van der Waals surface area (Å²) in [5.41, 5.74) is 3.89. The van der Waals surface area contributed by atoms with Gasteiger partial charge in [-0.15, -0.1) is 5.10 Å². The van der Waals surface area contributed by atoms with E-state index in [1.807, 2.05) is 22.9 Å². The third-order valence-electron chi connectivity index (χ3n) is 8.04. The number of hydrogen-bond acceptors (Lipinski definition) is 7. The number of fused-ring (bicyclic) bond motifs is 3. The van der Waals surface area contributed by atoms with Gasteiger partial charge in [-0.3, -0.25) is 9.69 Å². The maximum Gasteiger partial charge on any atom is 0.253 e. The topological polar surface area (TPSA) is 98.2 Å². The molecule has 0 saturated heterocycles. The number of benzene rings is 2. The Hall–Kier alpha value is -3.72. The van der Waals surface area contributed by atoms with Crippen LogP contribution in [0.4, 0.5) is 0 Å². The molecule has 1 unspecified atom stereocenters. The zero-order valence-electron chi connectivity index (χ0n) is 20.7. The first kappa shape index (κ1) is 22.5. The zero-order chi connectivity index (χ0) is 24.8. The smallest absolute Gasteiger partial charge is 0.253 e. The molecule has 0 spiro atoms. The molecule has 0 amide bonds. The summed E-state index contributed by atoms with van der Waals surface area (Å²) in [5, 5.41) is 14.0. The third kappa shape index (κ3) is 4.07. The van der Waals surface area contributed by atoms with Gasteiger partial charge in [0.15, 0.2) is 17.3 Å². The fourth-order valence-electron chi connectivity index (χ4n) is 6.17. The van der Waals surface area contributed by atoms with Crippen LogP contribution in [0, 0.1) is 0 Å². The van der Waals surface area contributed by atoms with E-state index in [0.29, 0.717) is 30.3 Å². The molecule has 2 aromatic heterocycles. The van der Waals surface area contributed by atoms with Crippen LogP contribution in [0.1, 0.15) is 66.7 Å². The Morgan fingerprint density at radius 2 is 1.76 bits per heavy atom. The van der Waals surface area contributed by atoms with E-state index in [2.05, 4.69) is 49.7 Å². The van der Waals surface area contributed by atoms with Crippen LogP contribution in [0.25, 0.3) is 10.9 Å². The Morgan fingerprint density at radius 3 is 2.59 bits per heavy atom. The molecule has 0 bridgehead atoms. The Balaban J connectivity index is 1.36. The molecule has 9 nitrogen and oxygen atoms in total. The Morgan fingerprint density at radius 1 is 0.973 bits per heavy atom. The highest BCUT2D eigenvalue weighted by Gasteiger charge is 2.34. The first-order valence-electron chi connectivity index (χ1n) is 13.3. The molecule has 2 aliphatic heterocycles. The van der Waals surface area contributed by atoms with Crippen molar-refractivity contribution in [1.82, 2.24) is 30.1 Å². The van der Waals surface area contributed by atoms with Crippen LogP contribution in [0.2, 0.25) is 0 Å². The van der Waals surface area contributed by atoms with Gasteiger partial charge in [0.1, 0.15) is 19.3 Å². The minimum absolute atomic E-state index is 0.133. The standard InChI is InChI=1S/C28H30N6O3/c35-28-22(14-20-15-24-25(16-23(20)29-28)37-13-12-36-24)26(33-11-10-18-6-4-5-7-19(18)17-33)27-30-31-32-34(27)21-8-2-1-3-9-21/h4-7,14-16,21,26H,1-3,8-13,17H2,(H,29,35). The van der Waals surface area contributed by atoms with Crippen LogP contribution < -0.4 is 15.0 Å². The number of aromatic amines is 1.